The Morgan fingerprint density at radius 1 is 0.833 bits per heavy atom. The zero-order valence-electron chi connectivity index (χ0n) is 15.0. The monoisotopic (exact) mass is 324 g/mol. The molecule has 0 aliphatic heterocycles. The van der Waals surface area contributed by atoms with E-state index in [1.54, 1.807) is 0 Å². The summed E-state index contributed by atoms with van der Waals surface area (Å²) in [7, 11) is 0. The van der Waals surface area contributed by atoms with Gasteiger partial charge in [-0.15, -0.1) is 0 Å². The Labute approximate surface area is 145 Å². The smallest absolute Gasteiger partial charge is 0.119 e. The Bertz CT molecular complexity index is 651. The van der Waals surface area contributed by atoms with Gasteiger partial charge in [-0.25, -0.2) is 0 Å². The predicted octanol–water partition coefficient (Wildman–Crippen LogP) is 5.61. The lowest BCUT2D eigenvalue weighted by Gasteiger charge is -2.41. The fourth-order valence-corrected chi connectivity index (χ4v) is 3.05. The van der Waals surface area contributed by atoms with Crippen molar-refractivity contribution in [1.82, 2.24) is 0 Å². The van der Waals surface area contributed by atoms with Crippen molar-refractivity contribution in [2.75, 3.05) is 13.2 Å². The molecule has 2 heteroatoms. The summed E-state index contributed by atoms with van der Waals surface area (Å²) in [6.07, 6.45) is 3.63. The minimum atomic E-state index is 0.143. The molecule has 1 aliphatic carbocycles. The predicted molar refractivity (Wildman–Crippen MR) is 98.9 cm³/mol. The lowest BCUT2D eigenvalue weighted by atomic mass is 9.70. The number of ether oxygens (including phenoxy) is 2. The van der Waals surface area contributed by atoms with Gasteiger partial charge in [-0.1, -0.05) is 57.5 Å². The summed E-state index contributed by atoms with van der Waals surface area (Å²) in [5.74, 6) is 1.91. The first kappa shape index (κ1) is 16.9. The lowest BCUT2D eigenvalue weighted by molar-refractivity contribution is 0.00971. The van der Waals surface area contributed by atoms with Crippen molar-refractivity contribution in [3.63, 3.8) is 0 Å². The summed E-state index contributed by atoms with van der Waals surface area (Å²) >= 11 is 0. The van der Waals surface area contributed by atoms with E-state index in [4.69, 9.17) is 9.47 Å². The van der Waals surface area contributed by atoms with Gasteiger partial charge in [0.05, 0.1) is 13.2 Å². The van der Waals surface area contributed by atoms with Gasteiger partial charge in [0.2, 0.25) is 0 Å². The van der Waals surface area contributed by atoms with Crippen LogP contribution in [0.25, 0.3) is 0 Å². The fourth-order valence-electron chi connectivity index (χ4n) is 3.05. The molecular formula is C22H28O2. The summed E-state index contributed by atoms with van der Waals surface area (Å²) in [5.41, 5.74) is 1.61. The number of hydrogen-bond donors (Lipinski definition) is 0. The maximum atomic E-state index is 6.16. The highest BCUT2D eigenvalue weighted by Gasteiger charge is 2.39. The topological polar surface area (TPSA) is 18.5 Å². The fraction of sp³-hybridized carbons (Fsp3) is 0.455. The lowest BCUT2D eigenvalue weighted by Crippen LogP contribution is -2.41. The Hall–Kier alpha value is -1.96. The second kappa shape index (κ2) is 6.88. The molecule has 1 saturated carbocycles. The molecule has 0 amide bonds. The van der Waals surface area contributed by atoms with Crippen LogP contribution >= 0.6 is 0 Å². The van der Waals surface area contributed by atoms with Crippen LogP contribution in [0.2, 0.25) is 0 Å². The third kappa shape index (κ3) is 4.11. The molecule has 0 atom stereocenters. The van der Waals surface area contributed by atoms with E-state index in [0.717, 1.165) is 24.7 Å². The summed E-state index contributed by atoms with van der Waals surface area (Å²) in [4.78, 5) is 0. The van der Waals surface area contributed by atoms with Gasteiger partial charge in [-0.2, -0.15) is 0 Å². The van der Waals surface area contributed by atoms with Gasteiger partial charge in [0, 0.05) is 5.41 Å². The van der Waals surface area contributed by atoms with Crippen molar-refractivity contribution in [3.8, 4) is 11.5 Å². The first-order valence-corrected chi connectivity index (χ1v) is 8.88. The van der Waals surface area contributed by atoms with E-state index in [0.29, 0.717) is 0 Å². The number of benzene rings is 2. The van der Waals surface area contributed by atoms with Crippen LogP contribution in [0.1, 0.15) is 45.6 Å². The van der Waals surface area contributed by atoms with Crippen LogP contribution in [0.3, 0.4) is 0 Å². The molecule has 0 saturated heterocycles. The van der Waals surface area contributed by atoms with Crippen molar-refractivity contribution >= 4 is 0 Å². The van der Waals surface area contributed by atoms with Crippen molar-refractivity contribution in [2.24, 2.45) is 5.41 Å². The highest BCUT2D eigenvalue weighted by Crippen LogP contribution is 2.42. The van der Waals surface area contributed by atoms with Gasteiger partial charge in [0.25, 0.3) is 0 Å². The molecule has 0 radical (unpaired) electrons. The van der Waals surface area contributed by atoms with E-state index >= 15 is 0 Å². The SMILES string of the molecule is CC(C)(C)c1cccc(OCC2(COc3ccccc3)CCC2)c1. The molecule has 128 valence electrons. The molecule has 0 unspecified atom stereocenters. The molecule has 0 spiro atoms. The quantitative estimate of drug-likeness (QED) is 0.687. The Balaban J connectivity index is 1.60. The van der Waals surface area contributed by atoms with Crippen molar-refractivity contribution < 1.29 is 9.47 Å². The third-order valence-corrected chi connectivity index (χ3v) is 4.95. The number of hydrogen-bond acceptors (Lipinski definition) is 2. The van der Waals surface area contributed by atoms with Crippen molar-refractivity contribution in [3.05, 3.63) is 60.2 Å². The maximum Gasteiger partial charge on any atom is 0.119 e. The van der Waals surface area contributed by atoms with Crippen LogP contribution in [0.5, 0.6) is 11.5 Å². The molecule has 24 heavy (non-hydrogen) atoms. The molecular weight excluding hydrogens is 296 g/mol. The average molecular weight is 324 g/mol. The molecule has 1 aliphatic rings. The standard InChI is InChI=1S/C22H28O2/c1-21(2,3)18-9-7-12-20(15-18)24-17-22(13-8-14-22)16-23-19-10-5-4-6-11-19/h4-7,9-12,15H,8,13-14,16-17H2,1-3H3. The van der Waals surface area contributed by atoms with E-state index in [-0.39, 0.29) is 10.8 Å². The van der Waals surface area contributed by atoms with Crippen molar-refractivity contribution in [1.29, 1.82) is 0 Å². The van der Waals surface area contributed by atoms with Crippen molar-refractivity contribution in [2.45, 2.75) is 45.4 Å². The molecule has 2 aromatic rings. The van der Waals surface area contributed by atoms with E-state index in [1.165, 1.54) is 24.8 Å². The van der Waals surface area contributed by atoms with E-state index < -0.39 is 0 Å². The van der Waals surface area contributed by atoms with Crippen LogP contribution in [0.4, 0.5) is 0 Å². The first-order chi connectivity index (χ1) is 11.5. The first-order valence-electron chi connectivity index (χ1n) is 8.88. The third-order valence-electron chi connectivity index (χ3n) is 4.95. The zero-order chi connectivity index (χ0) is 17.0. The second-order valence-electron chi connectivity index (χ2n) is 8.02. The van der Waals surface area contributed by atoms with Gasteiger partial charge in [-0.3, -0.25) is 0 Å². The molecule has 1 fully saturated rings. The molecule has 2 aromatic carbocycles. The summed E-state index contributed by atoms with van der Waals surface area (Å²) in [6.45, 7) is 8.15. The zero-order valence-corrected chi connectivity index (χ0v) is 15.0. The van der Waals surface area contributed by atoms with Crippen LogP contribution in [0, 0.1) is 5.41 Å². The Kier molecular flexibility index (Phi) is 4.84. The molecule has 3 rings (SSSR count). The van der Waals surface area contributed by atoms with Crippen LogP contribution in [-0.4, -0.2) is 13.2 Å². The van der Waals surface area contributed by atoms with Gasteiger partial charge in [-0.05, 0) is 48.1 Å². The van der Waals surface area contributed by atoms with Crippen LogP contribution in [-0.2, 0) is 5.41 Å². The normalized spacial score (nSPS) is 16.3. The summed E-state index contributed by atoms with van der Waals surface area (Å²) < 4.78 is 12.2. The van der Waals surface area contributed by atoms with E-state index in [9.17, 15) is 0 Å². The van der Waals surface area contributed by atoms with Gasteiger partial charge < -0.3 is 9.47 Å². The molecule has 0 N–H and O–H groups in total. The minimum Gasteiger partial charge on any atom is -0.493 e. The van der Waals surface area contributed by atoms with E-state index in [1.807, 2.05) is 30.3 Å². The number of rotatable bonds is 6. The van der Waals surface area contributed by atoms with Gasteiger partial charge in [0.15, 0.2) is 0 Å². The Morgan fingerprint density at radius 2 is 1.46 bits per heavy atom. The second-order valence-corrected chi connectivity index (χ2v) is 8.02. The highest BCUT2D eigenvalue weighted by molar-refractivity contribution is 5.32. The maximum absolute atomic E-state index is 6.16. The van der Waals surface area contributed by atoms with Gasteiger partial charge >= 0.3 is 0 Å². The minimum absolute atomic E-state index is 0.143. The van der Waals surface area contributed by atoms with Crippen LogP contribution < -0.4 is 9.47 Å². The molecule has 0 bridgehead atoms. The number of para-hydroxylation sites is 1. The molecule has 0 aromatic heterocycles. The average Bonchev–Trinajstić information content (AvgIpc) is 2.54. The van der Waals surface area contributed by atoms with Gasteiger partial charge in [0.1, 0.15) is 11.5 Å². The molecule has 2 nitrogen and oxygen atoms in total. The van der Waals surface area contributed by atoms with E-state index in [2.05, 4.69) is 45.0 Å². The summed E-state index contributed by atoms with van der Waals surface area (Å²) in [6, 6.07) is 18.5. The van der Waals surface area contributed by atoms with Crippen LogP contribution in [0.15, 0.2) is 54.6 Å². The largest absolute Gasteiger partial charge is 0.493 e. The highest BCUT2D eigenvalue weighted by atomic mass is 16.5. The Morgan fingerprint density at radius 3 is 2.04 bits per heavy atom. The summed E-state index contributed by atoms with van der Waals surface area (Å²) in [5, 5.41) is 0. The molecule has 0 heterocycles.